The fourth-order valence-corrected chi connectivity index (χ4v) is 2.84. The van der Waals surface area contributed by atoms with Gasteiger partial charge in [-0.05, 0) is 30.3 Å². The maximum atomic E-state index is 12.9. The van der Waals surface area contributed by atoms with Gasteiger partial charge >= 0.3 is 6.18 Å². The molecule has 1 aliphatic rings. The fraction of sp³-hybridized carbons (Fsp3) is 0.188. The molecule has 8 heteroatoms. The summed E-state index contributed by atoms with van der Waals surface area (Å²) in [6, 6.07) is 10.3. The number of hydrogen-bond acceptors (Lipinski definition) is 3. The molecule has 3 rings (SSSR count). The van der Waals surface area contributed by atoms with Crippen LogP contribution in [0, 0.1) is 0 Å². The first-order chi connectivity index (χ1) is 11.3. The van der Waals surface area contributed by atoms with Crippen molar-refractivity contribution in [3.8, 4) is 0 Å². The summed E-state index contributed by atoms with van der Waals surface area (Å²) in [6.07, 6.45) is -2.69. The third-order valence-electron chi connectivity index (χ3n) is 3.49. The van der Waals surface area contributed by atoms with Crippen molar-refractivity contribution in [3.05, 3.63) is 64.4 Å². The van der Waals surface area contributed by atoms with Crippen LogP contribution in [0.25, 0.3) is 0 Å². The van der Waals surface area contributed by atoms with Crippen LogP contribution in [-0.2, 0) is 6.18 Å². The van der Waals surface area contributed by atoms with Crippen LogP contribution in [0.2, 0.25) is 5.15 Å². The van der Waals surface area contributed by atoms with E-state index in [0.29, 0.717) is 34.9 Å². The lowest BCUT2D eigenvalue weighted by Crippen LogP contribution is -2.40. The molecular weight excluding hydrogens is 362 g/mol. The van der Waals surface area contributed by atoms with E-state index in [-0.39, 0.29) is 0 Å². The van der Waals surface area contributed by atoms with E-state index < -0.39 is 11.7 Å². The summed E-state index contributed by atoms with van der Waals surface area (Å²) in [7, 11) is 0. The molecule has 0 saturated heterocycles. The molecule has 126 valence electrons. The average molecular weight is 374 g/mol. The Morgan fingerprint density at radius 1 is 1.04 bits per heavy atom. The molecule has 0 aliphatic carbocycles. The van der Waals surface area contributed by atoms with Crippen molar-refractivity contribution < 1.29 is 13.2 Å². The van der Waals surface area contributed by atoms with E-state index >= 15 is 0 Å². The van der Waals surface area contributed by atoms with Gasteiger partial charge in [0.2, 0.25) is 0 Å². The zero-order chi connectivity index (χ0) is 17.3. The summed E-state index contributed by atoms with van der Waals surface area (Å²) in [5, 5.41) is 0.814. The highest BCUT2D eigenvalue weighted by Crippen LogP contribution is 2.33. The van der Waals surface area contributed by atoms with Gasteiger partial charge in [-0.15, -0.1) is 0 Å². The van der Waals surface area contributed by atoms with Gasteiger partial charge in [0.1, 0.15) is 11.0 Å². The normalized spacial score (nSPS) is 15.5. The van der Waals surface area contributed by atoms with Crippen molar-refractivity contribution in [1.29, 1.82) is 0 Å². The molecule has 0 spiro atoms. The van der Waals surface area contributed by atoms with Crippen LogP contribution < -0.4 is 9.80 Å². The molecule has 1 aromatic heterocycles. The van der Waals surface area contributed by atoms with Crippen molar-refractivity contribution in [2.45, 2.75) is 6.18 Å². The van der Waals surface area contributed by atoms with Gasteiger partial charge in [-0.25, -0.2) is 4.98 Å². The highest BCUT2D eigenvalue weighted by Gasteiger charge is 2.31. The van der Waals surface area contributed by atoms with Crippen molar-refractivity contribution in [2.24, 2.45) is 0 Å². The minimum Gasteiger partial charge on any atom is -0.348 e. The first kappa shape index (κ1) is 16.9. The molecule has 0 unspecified atom stereocenters. The molecule has 0 fully saturated rings. The van der Waals surface area contributed by atoms with Crippen molar-refractivity contribution >= 4 is 34.7 Å². The molecule has 24 heavy (non-hydrogen) atoms. The molecule has 2 aromatic rings. The maximum Gasteiger partial charge on any atom is 0.416 e. The number of anilines is 2. The first-order valence-electron chi connectivity index (χ1n) is 7.00. The van der Waals surface area contributed by atoms with Crippen molar-refractivity contribution in [1.82, 2.24) is 4.98 Å². The Bertz CT molecular complexity index is 777. The predicted octanol–water partition coefficient (Wildman–Crippen LogP) is 5.12. The van der Waals surface area contributed by atoms with Crippen LogP contribution in [0.5, 0.6) is 0 Å². The molecule has 3 nitrogen and oxygen atoms in total. The van der Waals surface area contributed by atoms with Crippen LogP contribution in [0.15, 0.2) is 53.7 Å². The number of hydrogen-bond donors (Lipinski definition) is 0. The van der Waals surface area contributed by atoms with Crippen molar-refractivity contribution in [2.75, 3.05) is 23.0 Å². The molecule has 0 amide bonds. The van der Waals surface area contributed by atoms with Gasteiger partial charge in [0, 0.05) is 11.9 Å². The summed E-state index contributed by atoms with van der Waals surface area (Å²) >= 11 is 12.1. The van der Waals surface area contributed by atoms with Gasteiger partial charge < -0.3 is 9.80 Å². The molecule has 1 aliphatic heterocycles. The monoisotopic (exact) mass is 373 g/mol. The first-order valence-corrected chi connectivity index (χ1v) is 7.76. The number of aromatic nitrogens is 1. The molecule has 0 bridgehead atoms. The summed E-state index contributed by atoms with van der Waals surface area (Å²) in [4.78, 5) is 7.67. The van der Waals surface area contributed by atoms with Crippen LogP contribution in [0.3, 0.4) is 0 Å². The zero-order valence-electron chi connectivity index (χ0n) is 12.3. The molecule has 0 N–H and O–H groups in total. The topological polar surface area (TPSA) is 19.4 Å². The number of halogens is 5. The smallest absolute Gasteiger partial charge is 0.348 e. The van der Waals surface area contributed by atoms with Crippen LogP contribution >= 0.6 is 23.2 Å². The number of benzene rings is 1. The largest absolute Gasteiger partial charge is 0.416 e. The Balaban J connectivity index is 1.90. The third kappa shape index (κ3) is 3.76. The van der Waals surface area contributed by atoms with Gasteiger partial charge in [-0.1, -0.05) is 35.3 Å². The maximum absolute atomic E-state index is 12.9. The Hall–Kier alpha value is -1.92. The van der Waals surface area contributed by atoms with Gasteiger partial charge in [-0.2, -0.15) is 13.2 Å². The minimum atomic E-state index is -4.39. The molecule has 1 aromatic carbocycles. The van der Waals surface area contributed by atoms with Gasteiger partial charge in [-0.3, -0.25) is 0 Å². The number of nitrogens with zero attached hydrogens (tertiary/aromatic N) is 3. The SMILES string of the molecule is FC(F)(F)c1cccc(N2CC(Cl)=CN(c3cccc(Cl)n3)C2)c1. The third-order valence-corrected chi connectivity index (χ3v) is 3.92. The van der Waals surface area contributed by atoms with E-state index in [9.17, 15) is 13.2 Å². The van der Waals surface area contributed by atoms with Crippen LogP contribution in [0.1, 0.15) is 5.56 Å². The Morgan fingerprint density at radius 3 is 2.50 bits per heavy atom. The lowest BCUT2D eigenvalue weighted by molar-refractivity contribution is -0.137. The summed E-state index contributed by atoms with van der Waals surface area (Å²) in [5.41, 5.74) is -0.263. The quantitative estimate of drug-likeness (QED) is 0.681. The molecule has 0 radical (unpaired) electrons. The fourth-order valence-electron chi connectivity index (χ4n) is 2.41. The second kappa shape index (κ2) is 6.53. The Kier molecular flexibility index (Phi) is 4.60. The molecular formula is C16H12Cl2F3N3. The minimum absolute atomic E-state index is 0.310. The van der Waals surface area contributed by atoms with Crippen molar-refractivity contribution in [3.63, 3.8) is 0 Å². The number of alkyl halides is 3. The van der Waals surface area contributed by atoms with E-state index in [1.807, 2.05) is 0 Å². The molecule has 0 saturated carbocycles. The lowest BCUT2D eigenvalue weighted by atomic mass is 10.1. The standard InChI is InChI=1S/C16H12Cl2F3N3/c17-12-8-23(13-4-1-3-11(7-13)16(19,20)21)10-24(9-12)15-6-2-5-14(18)22-15/h1-7,9H,8,10H2. The highest BCUT2D eigenvalue weighted by molar-refractivity contribution is 6.30. The second-order valence-corrected chi connectivity index (χ2v) is 6.12. The Labute approximate surface area is 146 Å². The van der Waals surface area contributed by atoms with E-state index in [1.54, 1.807) is 40.3 Å². The van der Waals surface area contributed by atoms with Gasteiger partial charge in [0.05, 0.1) is 23.8 Å². The number of rotatable bonds is 2. The Morgan fingerprint density at radius 2 is 1.79 bits per heavy atom. The van der Waals surface area contributed by atoms with E-state index in [0.717, 1.165) is 12.1 Å². The molecule has 0 atom stereocenters. The molecule has 2 heterocycles. The predicted molar refractivity (Wildman–Crippen MR) is 89.3 cm³/mol. The average Bonchev–Trinajstić information content (AvgIpc) is 2.54. The van der Waals surface area contributed by atoms with E-state index in [2.05, 4.69) is 4.98 Å². The van der Waals surface area contributed by atoms with Crippen LogP contribution in [0.4, 0.5) is 24.7 Å². The number of pyridine rings is 1. The summed E-state index contributed by atoms with van der Waals surface area (Å²) in [5.74, 6) is 0.567. The second-order valence-electron chi connectivity index (χ2n) is 5.25. The van der Waals surface area contributed by atoms with Gasteiger partial charge in [0.25, 0.3) is 0 Å². The van der Waals surface area contributed by atoms with Crippen LogP contribution in [-0.4, -0.2) is 18.2 Å². The van der Waals surface area contributed by atoms with E-state index in [4.69, 9.17) is 23.2 Å². The van der Waals surface area contributed by atoms with Gasteiger partial charge in [0.15, 0.2) is 0 Å². The zero-order valence-corrected chi connectivity index (χ0v) is 13.8. The summed E-state index contributed by atoms with van der Waals surface area (Å²) < 4.78 is 38.7. The lowest BCUT2D eigenvalue weighted by Gasteiger charge is -2.35. The summed E-state index contributed by atoms with van der Waals surface area (Å²) in [6.45, 7) is 0.630. The highest BCUT2D eigenvalue weighted by atomic mass is 35.5. The van der Waals surface area contributed by atoms with E-state index in [1.165, 1.54) is 6.07 Å².